The number of nitrogens with one attached hydrogen (secondary N) is 2. The molecule has 0 aliphatic rings. The first-order valence-electron chi connectivity index (χ1n) is 8.12. The van der Waals surface area contributed by atoms with E-state index in [4.69, 9.17) is 10.00 Å². The van der Waals surface area contributed by atoms with Crippen molar-refractivity contribution in [3.8, 4) is 6.07 Å². The quantitative estimate of drug-likeness (QED) is 0.693. The summed E-state index contributed by atoms with van der Waals surface area (Å²) in [7, 11) is 0. The molecular formula is C20H17N3O3. The Hall–Kier alpha value is -3.59. The molecule has 0 aliphatic heterocycles. The van der Waals surface area contributed by atoms with E-state index >= 15 is 0 Å². The summed E-state index contributed by atoms with van der Waals surface area (Å²) in [6, 6.07) is 16.1. The molecule has 1 heterocycles. The molecule has 1 aromatic heterocycles. The van der Waals surface area contributed by atoms with Crippen molar-refractivity contribution in [1.82, 2.24) is 4.98 Å². The lowest BCUT2D eigenvalue weighted by Crippen LogP contribution is -2.30. The summed E-state index contributed by atoms with van der Waals surface area (Å²) in [6.07, 6.45) is 0.926. The van der Waals surface area contributed by atoms with Crippen molar-refractivity contribution >= 4 is 28.5 Å². The van der Waals surface area contributed by atoms with E-state index in [0.29, 0.717) is 11.3 Å². The number of rotatable bonds is 5. The van der Waals surface area contributed by atoms with Gasteiger partial charge in [0.25, 0.3) is 5.91 Å². The Balaban J connectivity index is 1.58. The van der Waals surface area contributed by atoms with Gasteiger partial charge in [0.1, 0.15) is 0 Å². The van der Waals surface area contributed by atoms with Crippen LogP contribution < -0.4 is 5.32 Å². The van der Waals surface area contributed by atoms with Crippen molar-refractivity contribution in [1.29, 1.82) is 5.26 Å². The zero-order valence-corrected chi connectivity index (χ0v) is 14.2. The minimum absolute atomic E-state index is 0.0818. The largest absolute Gasteiger partial charge is 0.452 e. The number of amides is 1. The second kappa shape index (κ2) is 7.53. The second-order valence-electron chi connectivity index (χ2n) is 5.85. The van der Waals surface area contributed by atoms with Gasteiger partial charge in [-0.05, 0) is 42.8 Å². The van der Waals surface area contributed by atoms with E-state index in [9.17, 15) is 9.59 Å². The summed E-state index contributed by atoms with van der Waals surface area (Å²) >= 11 is 0. The van der Waals surface area contributed by atoms with Gasteiger partial charge in [0.15, 0.2) is 6.10 Å². The second-order valence-corrected chi connectivity index (χ2v) is 5.85. The number of aromatic amines is 1. The molecule has 1 atom stereocenters. The number of carbonyl (C=O) groups excluding carboxylic acids is 2. The Morgan fingerprint density at radius 2 is 1.92 bits per heavy atom. The summed E-state index contributed by atoms with van der Waals surface area (Å²) in [5, 5.41) is 12.4. The van der Waals surface area contributed by atoms with Gasteiger partial charge in [-0.25, -0.2) is 0 Å². The van der Waals surface area contributed by atoms with Gasteiger partial charge in [-0.15, -0.1) is 0 Å². The molecule has 6 heteroatoms. The third-order valence-corrected chi connectivity index (χ3v) is 3.97. The number of esters is 1. The van der Waals surface area contributed by atoms with Gasteiger partial charge in [-0.1, -0.05) is 18.2 Å². The van der Waals surface area contributed by atoms with Crippen LogP contribution in [0.2, 0.25) is 0 Å². The molecule has 3 rings (SSSR count). The highest BCUT2D eigenvalue weighted by Gasteiger charge is 2.19. The van der Waals surface area contributed by atoms with Crippen LogP contribution in [0, 0.1) is 11.3 Å². The van der Waals surface area contributed by atoms with Crippen LogP contribution in [0.1, 0.15) is 18.1 Å². The van der Waals surface area contributed by atoms with Gasteiger partial charge in [0, 0.05) is 22.8 Å². The third-order valence-electron chi connectivity index (χ3n) is 3.97. The molecule has 2 N–H and O–H groups in total. The van der Waals surface area contributed by atoms with E-state index in [1.165, 1.54) is 6.92 Å². The van der Waals surface area contributed by atoms with Crippen LogP contribution in [0.5, 0.6) is 0 Å². The number of hydrogen-bond acceptors (Lipinski definition) is 4. The fourth-order valence-electron chi connectivity index (χ4n) is 2.60. The van der Waals surface area contributed by atoms with Crippen LogP contribution >= 0.6 is 0 Å². The van der Waals surface area contributed by atoms with E-state index in [1.807, 2.05) is 30.3 Å². The van der Waals surface area contributed by atoms with Crippen molar-refractivity contribution in [3.63, 3.8) is 0 Å². The van der Waals surface area contributed by atoms with Gasteiger partial charge >= 0.3 is 5.97 Å². The van der Waals surface area contributed by atoms with Crippen molar-refractivity contribution < 1.29 is 14.3 Å². The molecule has 6 nitrogen and oxygen atoms in total. The van der Waals surface area contributed by atoms with Crippen LogP contribution in [-0.4, -0.2) is 23.0 Å². The Kier molecular flexibility index (Phi) is 4.99. The van der Waals surface area contributed by atoms with Crippen molar-refractivity contribution in [3.05, 3.63) is 65.9 Å². The SMILES string of the molecule is CC(OC(=O)Cc1c[nH]c2ccccc12)C(=O)Nc1ccc(C#N)cc1. The van der Waals surface area contributed by atoms with E-state index in [1.54, 1.807) is 30.5 Å². The summed E-state index contributed by atoms with van der Waals surface area (Å²) in [6.45, 7) is 1.52. The number of anilines is 1. The molecule has 1 amide bonds. The van der Waals surface area contributed by atoms with Crippen LogP contribution in [0.25, 0.3) is 10.9 Å². The number of aromatic nitrogens is 1. The minimum Gasteiger partial charge on any atom is -0.452 e. The number of hydrogen-bond donors (Lipinski definition) is 2. The molecule has 130 valence electrons. The number of benzene rings is 2. The monoisotopic (exact) mass is 347 g/mol. The maximum Gasteiger partial charge on any atom is 0.311 e. The highest BCUT2D eigenvalue weighted by molar-refractivity contribution is 5.95. The lowest BCUT2D eigenvalue weighted by atomic mass is 10.1. The molecular weight excluding hydrogens is 330 g/mol. The fraction of sp³-hybridized carbons (Fsp3) is 0.150. The van der Waals surface area contributed by atoms with E-state index < -0.39 is 18.0 Å². The molecule has 3 aromatic rings. The Morgan fingerprint density at radius 1 is 1.19 bits per heavy atom. The molecule has 0 saturated heterocycles. The smallest absolute Gasteiger partial charge is 0.311 e. The predicted molar refractivity (Wildman–Crippen MR) is 97.3 cm³/mol. The summed E-state index contributed by atoms with van der Waals surface area (Å²) in [5.41, 5.74) is 2.81. The number of para-hydroxylation sites is 1. The van der Waals surface area contributed by atoms with E-state index in [0.717, 1.165) is 16.5 Å². The topological polar surface area (TPSA) is 95.0 Å². The van der Waals surface area contributed by atoms with Gasteiger partial charge in [-0.3, -0.25) is 9.59 Å². The number of fused-ring (bicyclic) bond motifs is 1. The van der Waals surface area contributed by atoms with Crippen LogP contribution in [0.4, 0.5) is 5.69 Å². The molecule has 0 spiro atoms. The first-order valence-corrected chi connectivity index (χ1v) is 8.12. The highest BCUT2D eigenvalue weighted by atomic mass is 16.5. The lowest BCUT2D eigenvalue weighted by Gasteiger charge is -2.13. The third kappa shape index (κ3) is 3.90. The molecule has 0 radical (unpaired) electrons. The zero-order chi connectivity index (χ0) is 18.5. The van der Waals surface area contributed by atoms with Crippen LogP contribution in [-0.2, 0) is 20.7 Å². The number of ether oxygens (including phenoxy) is 1. The predicted octanol–water partition coefficient (Wildman–Crippen LogP) is 3.15. The molecule has 0 fully saturated rings. The van der Waals surface area contributed by atoms with Crippen molar-refractivity contribution in [2.75, 3.05) is 5.32 Å². The number of nitriles is 1. The Labute approximate surface area is 150 Å². The first kappa shape index (κ1) is 17.2. The minimum atomic E-state index is -0.927. The molecule has 26 heavy (non-hydrogen) atoms. The first-order chi connectivity index (χ1) is 12.6. The normalized spacial score (nSPS) is 11.5. The average Bonchev–Trinajstić information content (AvgIpc) is 3.05. The molecule has 0 aliphatic carbocycles. The molecule has 0 saturated carbocycles. The average molecular weight is 347 g/mol. The molecule has 1 unspecified atom stereocenters. The number of nitrogens with zero attached hydrogens (tertiary/aromatic N) is 1. The van der Waals surface area contributed by atoms with Crippen LogP contribution in [0.15, 0.2) is 54.7 Å². The highest BCUT2D eigenvalue weighted by Crippen LogP contribution is 2.18. The number of H-pyrrole nitrogens is 1. The van der Waals surface area contributed by atoms with Gasteiger partial charge < -0.3 is 15.0 Å². The standard InChI is InChI=1S/C20H17N3O3/c1-13(20(25)23-16-8-6-14(11-21)7-9-16)26-19(24)10-15-12-22-18-5-3-2-4-17(15)18/h2-9,12-13,22H,10H2,1H3,(H,23,25). The molecule has 0 bridgehead atoms. The Morgan fingerprint density at radius 3 is 2.65 bits per heavy atom. The summed E-state index contributed by atoms with van der Waals surface area (Å²) in [5.74, 6) is -0.904. The molecule has 2 aromatic carbocycles. The van der Waals surface area contributed by atoms with Crippen molar-refractivity contribution in [2.24, 2.45) is 0 Å². The van der Waals surface area contributed by atoms with E-state index in [-0.39, 0.29) is 6.42 Å². The zero-order valence-electron chi connectivity index (χ0n) is 14.2. The maximum absolute atomic E-state index is 12.2. The summed E-state index contributed by atoms with van der Waals surface area (Å²) in [4.78, 5) is 27.4. The van der Waals surface area contributed by atoms with Gasteiger partial charge in [0.05, 0.1) is 18.1 Å². The number of carbonyl (C=O) groups is 2. The Bertz CT molecular complexity index is 983. The fourth-order valence-corrected chi connectivity index (χ4v) is 2.60. The van der Waals surface area contributed by atoms with Crippen molar-refractivity contribution in [2.45, 2.75) is 19.4 Å². The lowest BCUT2D eigenvalue weighted by molar-refractivity contribution is -0.152. The van der Waals surface area contributed by atoms with Gasteiger partial charge in [-0.2, -0.15) is 5.26 Å². The maximum atomic E-state index is 12.2. The van der Waals surface area contributed by atoms with Gasteiger partial charge in [0.2, 0.25) is 0 Å². The summed E-state index contributed by atoms with van der Waals surface area (Å²) < 4.78 is 5.23. The van der Waals surface area contributed by atoms with Crippen LogP contribution in [0.3, 0.4) is 0 Å². The van der Waals surface area contributed by atoms with E-state index in [2.05, 4.69) is 10.3 Å².